The van der Waals surface area contributed by atoms with Crippen molar-refractivity contribution < 1.29 is 24.2 Å². The number of hydrogen-bond donors (Lipinski definition) is 1. The lowest BCUT2D eigenvalue weighted by Gasteiger charge is -2.23. The second kappa shape index (κ2) is 10.7. The number of aliphatic hydroxyl groups is 1. The standard InChI is InChI=1S/C29H31N5O5S/c1-15(2)11-13-39-20-10-9-19(14-21(20)38-6)24-22(26(36)28(37)34(24)29-32-31-18(5)40-29)25(35)23-17(4)33-12-7-8-16(3)27(33)30-23/h7-10,12,14-15,24,35H,11,13H2,1-6H3/b25-22+. The monoisotopic (exact) mass is 561 g/mol. The molecule has 1 fully saturated rings. The van der Waals surface area contributed by atoms with Gasteiger partial charge in [-0.25, -0.2) is 4.98 Å². The predicted molar refractivity (Wildman–Crippen MR) is 152 cm³/mol. The van der Waals surface area contributed by atoms with Gasteiger partial charge in [0.15, 0.2) is 17.3 Å². The molecular formula is C29H31N5O5S. The number of ether oxygens (including phenoxy) is 2. The molecule has 1 amide bonds. The van der Waals surface area contributed by atoms with Gasteiger partial charge in [-0.1, -0.05) is 37.3 Å². The van der Waals surface area contributed by atoms with Gasteiger partial charge in [-0.3, -0.25) is 14.5 Å². The van der Waals surface area contributed by atoms with Crippen LogP contribution in [0.4, 0.5) is 5.13 Å². The summed E-state index contributed by atoms with van der Waals surface area (Å²) < 4.78 is 13.4. The van der Waals surface area contributed by atoms with E-state index in [9.17, 15) is 14.7 Å². The summed E-state index contributed by atoms with van der Waals surface area (Å²) in [6.45, 7) is 10.2. The SMILES string of the molecule is COc1cc(C2/C(=C(\O)c3nc4c(C)cccn4c3C)C(=O)C(=O)N2c2nnc(C)s2)ccc1OCCC(C)C. The van der Waals surface area contributed by atoms with Crippen molar-refractivity contribution in [3.05, 3.63) is 69.6 Å². The molecule has 1 unspecified atom stereocenters. The van der Waals surface area contributed by atoms with E-state index in [1.165, 1.54) is 23.3 Å². The second-order valence-electron chi connectivity index (χ2n) is 10.1. The Bertz CT molecular complexity index is 1650. The summed E-state index contributed by atoms with van der Waals surface area (Å²) in [5.41, 5.74) is 2.88. The molecule has 1 saturated heterocycles. The van der Waals surface area contributed by atoms with Crippen molar-refractivity contribution in [1.29, 1.82) is 0 Å². The summed E-state index contributed by atoms with van der Waals surface area (Å²) in [6, 6.07) is 8.04. The summed E-state index contributed by atoms with van der Waals surface area (Å²) in [4.78, 5) is 33.0. The maximum atomic E-state index is 13.6. The number of rotatable bonds is 8. The Morgan fingerprint density at radius 2 is 1.90 bits per heavy atom. The quantitative estimate of drug-likeness (QED) is 0.178. The van der Waals surface area contributed by atoms with E-state index in [1.54, 1.807) is 32.0 Å². The highest BCUT2D eigenvalue weighted by Crippen LogP contribution is 2.45. The molecule has 208 valence electrons. The van der Waals surface area contributed by atoms with E-state index < -0.39 is 17.7 Å². The number of aliphatic hydroxyl groups excluding tert-OH is 1. The van der Waals surface area contributed by atoms with E-state index in [0.717, 1.165) is 12.0 Å². The maximum Gasteiger partial charge on any atom is 0.301 e. The molecule has 4 aromatic rings. The molecule has 0 bridgehead atoms. The van der Waals surface area contributed by atoms with Crippen molar-refractivity contribution in [2.24, 2.45) is 5.92 Å². The fourth-order valence-electron chi connectivity index (χ4n) is 4.78. The van der Waals surface area contributed by atoms with E-state index >= 15 is 0 Å². The molecule has 4 heterocycles. The highest BCUT2D eigenvalue weighted by Gasteiger charge is 2.49. The zero-order valence-electron chi connectivity index (χ0n) is 23.3. The van der Waals surface area contributed by atoms with Gasteiger partial charge in [0.25, 0.3) is 5.78 Å². The van der Waals surface area contributed by atoms with Gasteiger partial charge in [0.05, 0.1) is 31.0 Å². The molecule has 1 atom stereocenters. The van der Waals surface area contributed by atoms with Crippen molar-refractivity contribution in [1.82, 2.24) is 19.6 Å². The number of amides is 1. The van der Waals surface area contributed by atoms with Gasteiger partial charge < -0.3 is 19.0 Å². The second-order valence-corrected chi connectivity index (χ2v) is 11.3. The number of imidazole rings is 1. The third-order valence-corrected chi connectivity index (χ3v) is 7.77. The number of benzene rings is 1. The first-order chi connectivity index (χ1) is 19.1. The number of carbonyl (C=O) groups is 2. The average Bonchev–Trinajstić information content (AvgIpc) is 3.58. The Morgan fingerprint density at radius 1 is 1.12 bits per heavy atom. The van der Waals surface area contributed by atoms with Crippen LogP contribution in [0.1, 0.15) is 53.8 Å². The number of methoxy groups -OCH3 is 1. The van der Waals surface area contributed by atoms with Crippen LogP contribution in [0.2, 0.25) is 0 Å². The molecule has 1 aliphatic heterocycles. The molecule has 1 N–H and O–H groups in total. The van der Waals surface area contributed by atoms with Crippen LogP contribution in [0.3, 0.4) is 0 Å². The summed E-state index contributed by atoms with van der Waals surface area (Å²) in [6.07, 6.45) is 2.71. The van der Waals surface area contributed by atoms with Gasteiger partial charge in [0, 0.05) is 6.20 Å². The fourth-order valence-corrected chi connectivity index (χ4v) is 5.50. The molecule has 0 saturated carbocycles. The molecule has 0 radical (unpaired) electrons. The molecule has 1 aromatic carbocycles. The molecule has 10 nitrogen and oxygen atoms in total. The lowest BCUT2D eigenvalue weighted by molar-refractivity contribution is -0.132. The zero-order valence-corrected chi connectivity index (χ0v) is 24.1. The Labute approximate surface area is 235 Å². The highest BCUT2D eigenvalue weighted by atomic mass is 32.1. The van der Waals surface area contributed by atoms with Gasteiger partial charge in [-0.15, -0.1) is 10.2 Å². The van der Waals surface area contributed by atoms with Crippen molar-refractivity contribution in [3.63, 3.8) is 0 Å². The highest BCUT2D eigenvalue weighted by molar-refractivity contribution is 7.15. The first-order valence-corrected chi connectivity index (χ1v) is 13.8. The smallest absolute Gasteiger partial charge is 0.301 e. The number of aromatic nitrogens is 4. The van der Waals surface area contributed by atoms with Crippen LogP contribution in [0.5, 0.6) is 11.5 Å². The number of carbonyl (C=O) groups excluding carboxylic acids is 2. The van der Waals surface area contributed by atoms with Crippen LogP contribution < -0.4 is 14.4 Å². The Morgan fingerprint density at radius 3 is 2.55 bits per heavy atom. The molecule has 40 heavy (non-hydrogen) atoms. The van der Waals surface area contributed by atoms with Crippen LogP contribution in [-0.2, 0) is 9.59 Å². The first-order valence-electron chi connectivity index (χ1n) is 13.0. The number of anilines is 1. The lowest BCUT2D eigenvalue weighted by atomic mass is 9.96. The van der Waals surface area contributed by atoms with Crippen LogP contribution in [0, 0.1) is 26.7 Å². The average molecular weight is 562 g/mol. The van der Waals surface area contributed by atoms with E-state index in [-0.39, 0.29) is 22.2 Å². The lowest BCUT2D eigenvalue weighted by Crippen LogP contribution is -2.29. The third-order valence-electron chi connectivity index (χ3n) is 6.93. The Hall–Kier alpha value is -4.25. The van der Waals surface area contributed by atoms with Crippen molar-refractivity contribution in [2.45, 2.75) is 47.1 Å². The minimum atomic E-state index is -0.990. The van der Waals surface area contributed by atoms with Crippen LogP contribution in [0.15, 0.2) is 42.1 Å². The van der Waals surface area contributed by atoms with Crippen molar-refractivity contribution in [3.8, 4) is 11.5 Å². The minimum absolute atomic E-state index is 0.0856. The van der Waals surface area contributed by atoms with Crippen LogP contribution >= 0.6 is 11.3 Å². The molecule has 3 aromatic heterocycles. The first kappa shape index (κ1) is 27.3. The number of aryl methyl sites for hydroxylation is 3. The van der Waals surface area contributed by atoms with Crippen molar-refractivity contribution >= 4 is 39.6 Å². The molecular weight excluding hydrogens is 530 g/mol. The topological polar surface area (TPSA) is 119 Å². The number of ketones is 1. The number of hydrogen-bond acceptors (Lipinski definition) is 9. The van der Waals surface area contributed by atoms with Gasteiger partial charge in [-0.05, 0) is 62.4 Å². The predicted octanol–water partition coefficient (Wildman–Crippen LogP) is 5.17. The van der Waals surface area contributed by atoms with Crippen molar-refractivity contribution in [2.75, 3.05) is 18.6 Å². The summed E-state index contributed by atoms with van der Waals surface area (Å²) >= 11 is 1.19. The van der Waals surface area contributed by atoms with Gasteiger partial charge >= 0.3 is 5.91 Å². The summed E-state index contributed by atoms with van der Waals surface area (Å²) in [5, 5.41) is 20.7. The summed E-state index contributed by atoms with van der Waals surface area (Å²) in [5.74, 6) is -0.533. The third kappa shape index (κ3) is 4.70. The number of Topliss-reactive ketones (excluding diaryl/α,β-unsaturated/α-hetero) is 1. The van der Waals surface area contributed by atoms with Gasteiger partial charge in [0.1, 0.15) is 16.3 Å². The number of pyridine rings is 1. The normalized spacial score (nSPS) is 16.9. The van der Waals surface area contributed by atoms with E-state index in [4.69, 9.17) is 9.47 Å². The maximum absolute atomic E-state index is 13.6. The molecule has 11 heteroatoms. The summed E-state index contributed by atoms with van der Waals surface area (Å²) in [7, 11) is 1.53. The Kier molecular flexibility index (Phi) is 7.33. The molecule has 0 aliphatic carbocycles. The molecule has 0 spiro atoms. The number of nitrogens with zero attached hydrogens (tertiary/aromatic N) is 5. The van der Waals surface area contributed by atoms with Gasteiger partial charge in [0.2, 0.25) is 5.13 Å². The zero-order chi connectivity index (χ0) is 28.7. The minimum Gasteiger partial charge on any atom is -0.505 e. The number of fused-ring (bicyclic) bond motifs is 1. The largest absolute Gasteiger partial charge is 0.505 e. The Balaban J connectivity index is 1.68. The van der Waals surface area contributed by atoms with Gasteiger partial charge in [-0.2, -0.15) is 0 Å². The fraction of sp³-hybridized carbons (Fsp3) is 0.345. The van der Waals surface area contributed by atoms with Crippen LogP contribution in [0.25, 0.3) is 11.4 Å². The van der Waals surface area contributed by atoms with Crippen LogP contribution in [-0.4, -0.2) is 50.1 Å². The van der Waals surface area contributed by atoms with E-state index in [2.05, 4.69) is 29.0 Å². The van der Waals surface area contributed by atoms with E-state index in [1.807, 2.05) is 29.7 Å². The van der Waals surface area contributed by atoms with E-state index in [0.29, 0.717) is 45.9 Å². The molecule has 1 aliphatic rings. The molecule has 5 rings (SSSR count).